The van der Waals surface area contributed by atoms with Gasteiger partial charge in [-0.25, -0.2) is 0 Å². The maximum atomic E-state index is 12.0. The van der Waals surface area contributed by atoms with Crippen molar-refractivity contribution in [1.29, 1.82) is 5.26 Å². The molecular weight excluding hydrogens is 240 g/mol. The third kappa shape index (κ3) is 5.11. The summed E-state index contributed by atoms with van der Waals surface area (Å²) >= 11 is 0. The zero-order valence-corrected chi connectivity index (χ0v) is 11.3. The lowest BCUT2D eigenvalue weighted by Gasteiger charge is -2.22. The van der Waals surface area contributed by atoms with Crippen LogP contribution in [-0.4, -0.2) is 29.1 Å². The summed E-state index contributed by atoms with van der Waals surface area (Å²) < 4.78 is 0. The molecule has 1 rings (SSSR count). The van der Waals surface area contributed by atoms with Crippen molar-refractivity contribution >= 4 is 5.91 Å². The molecule has 0 aromatic heterocycles. The highest BCUT2D eigenvalue weighted by atomic mass is 16.3. The molecule has 0 aliphatic rings. The predicted molar refractivity (Wildman–Crippen MR) is 73.2 cm³/mol. The maximum absolute atomic E-state index is 12.0. The SMILES string of the molecule is CCCN(Cc1ccc(C#N)cc1)C(=O)CCCO. The van der Waals surface area contributed by atoms with Crippen molar-refractivity contribution in [3.63, 3.8) is 0 Å². The number of carbonyl (C=O) groups excluding carboxylic acids is 1. The average molecular weight is 260 g/mol. The Morgan fingerprint density at radius 3 is 2.58 bits per heavy atom. The quantitative estimate of drug-likeness (QED) is 0.816. The summed E-state index contributed by atoms with van der Waals surface area (Å²) in [7, 11) is 0. The van der Waals surface area contributed by atoms with Gasteiger partial charge in [0.25, 0.3) is 0 Å². The van der Waals surface area contributed by atoms with E-state index in [0.717, 1.165) is 12.0 Å². The predicted octanol–water partition coefficient (Wildman–Crippen LogP) is 2.07. The summed E-state index contributed by atoms with van der Waals surface area (Å²) in [5, 5.41) is 17.5. The molecule has 1 amide bonds. The molecule has 0 spiro atoms. The van der Waals surface area contributed by atoms with Crippen LogP contribution in [-0.2, 0) is 11.3 Å². The minimum absolute atomic E-state index is 0.0442. The van der Waals surface area contributed by atoms with Gasteiger partial charge in [-0.15, -0.1) is 0 Å². The first kappa shape index (κ1) is 15.2. The monoisotopic (exact) mass is 260 g/mol. The number of carbonyl (C=O) groups is 1. The number of nitrogens with zero attached hydrogens (tertiary/aromatic N) is 2. The molecule has 0 saturated carbocycles. The largest absolute Gasteiger partial charge is 0.396 e. The maximum Gasteiger partial charge on any atom is 0.222 e. The zero-order valence-electron chi connectivity index (χ0n) is 11.3. The second-order valence-corrected chi connectivity index (χ2v) is 4.45. The molecule has 0 radical (unpaired) electrons. The lowest BCUT2D eigenvalue weighted by atomic mass is 10.1. The van der Waals surface area contributed by atoms with Gasteiger partial charge in [0.1, 0.15) is 0 Å². The minimum Gasteiger partial charge on any atom is -0.396 e. The summed E-state index contributed by atoms with van der Waals surface area (Å²) in [4.78, 5) is 13.8. The van der Waals surface area contributed by atoms with E-state index in [-0.39, 0.29) is 12.5 Å². The number of aliphatic hydroxyl groups excluding tert-OH is 1. The number of rotatable bonds is 7. The topological polar surface area (TPSA) is 64.3 Å². The van der Waals surface area contributed by atoms with Crippen LogP contribution in [0.15, 0.2) is 24.3 Å². The molecule has 0 bridgehead atoms. The molecule has 0 aliphatic carbocycles. The normalized spacial score (nSPS) is 9.95. The van der Waals surface area contributed by atoms with Crippen LogP contribution in [0, 0.1) is 11.3 Å². The molecule has 4 nitrogen and oxygen atoms in total. The van der Waals surface area contributed by atoms with Crippen LogP contribution in [0.5, 0.6) is 0 Å². The van der Waals surface area contributed by atoms with E-state index in [2.05, 4.69) is 6.07 Å². The van der Waals surface area contributed by atoms with Crippen LogP contribution in [0.2, 0.25) is 0 Å². The van der Waals surface area contributed by atoms with E-state index >= 15 is 0 Å². The van der Waals surface area contributed by atoms with E-state index in [1.807, 2.05) is 19.1 Å². The fraction of sp³-hybridized carbons (Fsp3) is 0.467. The van der Waals surface area contributed by atoms with Crippen LogP contribution < -0.4 is 0 Å². The highest BCUT2D eigenvalue weighted by Crippen LogP contribution is 2.09. The van der Waals surface area contributed by atoms with E-state index in [1.165, 1.54) is 0 Å². The summed E-state index contributed by atoms with van der Waals surface area (Å²) in [6.07, 6.45) is 1.79. The summed E-state index contributed by atoms with van der Waals surface area (Å²) in [5.74, 6) is 0.0697. The van der Waals surface area contributed by atoms with Gasteiger partial charge in [0, 0.05) is 26.1 Å². The highest BCUT2D eigenvalue weighted by molar-refractivity contribution is 5.76. The van der Waals surface area contributed by atoms with Crippen LogP contribution in [0.4, 0.5) is 0 Å². The average Bonchev–Trinajstić information content (AvgIpc) is 2.45. The van der Waals surface area contributed by atoms with Gasteiger partial charge >= 0.3 is 0 Å². The number of nitriles is 1. The molecule has 102 valence electrons. The third-order valence-corrected chi connectivity index (χ3v) is 2.85. The molecule has 1 N–H and O–H groups in total. The molecule has 0 aliphatic heterocycles. The lowest BCUT2D eigenvalue weighted by Crippen LogP contribution is -2.31. The van der Waals surface area contributed by atoms with Crippen molar-refractivity contribution in [3.8, 4) is 6.07 Å². The standard InChI is InChI=1S/C15H20N2O2/c1-2-9-17(15(19)4-3-10-18)12-14-7-5-13(11-16)6-8-14/h5-8,18H,2-4,9-10,12H2,1H3. The number of hydrogen-bond donors (Lipinski definition) is 1. The summed E-state index contributed by atoms with van der Waals surface area (Å²) in [6, 6.07) is 9.35. The second-order valence-electron chi connectivity index (χ2n) is 4.45. The van der Waals surface area contributed by atoms with E-state index in [0.29, 0.717) is 31.5 Å². The number of aliphatic hydroxyl groups is 1. The number of hydrogen-bond acceptors (Lipinski definition) is 3. The first-order valence-corrected chi connectivity index (χ1v) is 6.59. The molecule has 0 heterocycles. The smallest absolute Gasteiger partial charge is 0.222 e. The highest BCUT2D eigenvalue weighted by Gasteiger charge is 2.12. The van der Waals surface area contributed by atoms with Crippen LogP contribution in [0.25, 0.3) is 0 Å². The van der Waals surface area contributed by atoms with E-state index in [4.69, 9.17) is 10.4 Å². The fourth-order valence-electron chi connectivity index (χ4n) is 1.86. The molecular formula is C15H20N2O2. The van der Waals surface area contributed by atoms with Crippen LogP contribution in [0.3, 0.4) is 0 Å². The van der Waals surface area contributed by atoms with Crippen molar-refractivity contribution in [1.82, 2.24) is 4.90 Å². The van der Waals surface area contributed by atoms with Gasteiger partial charge in [0.05, 0.1) is 11.6 Å². The van der Waals surface area contributed by atoms with Crippen LogP contribution in [0.1, 0.15) is 37.3 Å². The molecule has 0 unspecified atom stereocenters. The van der Waals surface area contributed by atoms with E-state index < -0.39 is 0 Å². The van der Waals surface area contributed by atoms with Crippen molar-refractivity contribution in [2.45, 2.75) is 32.7 Å². The minimum atomic E-state index is 0.0442. The van der Waals surface area contributed by atoms with Gasteiger partial charge in [-0.1, -0.05) is 19.1 Å². The van der Waals surface area contributed by atoms with Crippen molar-refractivity contribution in [2.24, 2.45) is 0 Å². The van der Waals surface area contributed by atoms with Crippen molar-refractivity contribution in [3.05, 3.63) is 35.4 Å². The Morgan fingerprint density at radius 2 is 2.05 bits per heavy atom. The molecule has 4 heteroatoms. The first-order chi connectivity index (χ1) is 9.21. The molecule has 19 heavy (non-hydrogen) atoms. The van der Waals surface area contributed by atoms with E-state index in [1.54, 1.807) is 17.0 Å². The Balaban J connectivity index is 2.66. The van der Waals surface area contributed by atoms with E-state index in [9.17, 15) is 4.79 Å². The van der Waals surface area contributed by atoms with Gasteiger partial charge in [-0.05, 0) is 30.5 Å². The fourth-order valence-corrected chi connectivity index (χ4v) is 1.86. The molecule has 1 aromatic rings. The first-order valence-electron chi connectivity index (χ1n) is 6.59. The Morgan fingerprint density at radius 1 is 1.37 bits per heavy atom. The van der Waals surface area contributed by atoms with Gasteiger partial charge < -0.3 is 10.0 Å². The summed E-state index contributed by atoms with van der Waals surface area (Å²) in [6.45, 7) is 3.35. The molecule has 0 fully saturated rings. The Hall–Kier alpha value is -1.86. The Kier molecular flexibility index (Phi) is 6.62. The van der Waals surface area contributed by atoms with Gasteiger partial charge in [-0.3, -0.25) is 4.79 Å². The van der Waals surface area contributed by atoms with Gasteiger partial charge in [0.2, 0.25) is 5.91 Å². The molecule has 0 atom stereocenters. The van der Waals surface area contributed by atoms with Crippen molar-refractivity contribution in [2.75, 3.05) is 13.2 Å². The Bertz CT molecular complexity index is 434. The molecule has 0 saturated heterocycles. The van der Waals surface area contributed by atoms with Gasteiger partial charge in [0.15, 0.2) is 0 Å². The lowest BCUT2D eigenvalue weighted by molar-refractivity contribution is -0.132. The van der Waals surface area contributed by atoms with Crippen LogP contribution >= 0.6 is 0 Å². The number of benzene rings is 1. The van der Waals surface area contributed by atoms with Crippen molar-refractivity contribution < 1.29 is 9.90 Å². The second kappa shape index (κ2) is 8.28. The third-order valence-electron chi connectivity index (χ3n) is 2.85. The molecule has 1 aromatic carbocycles. The zero-order chi connectivity index (χ0) is 14.1. The number of amides is 1. The summed E-state index contributed by atoms with van der Waals surface area (Å²) in [5.41, 5.74) is 1.64. The van der Waals surface area contributed by atoms with Gasteiger partial charge in [-0.2, -0.15) is 5.26 Å². The Labute approximate surface area is 114 Å².